The molecule has 0 radical (unpaired) electrons. The van der Waals surface area contributed by atoms with Crippen LogP contribution in [0.4, 0.5) is 0 Å². The van der Waals surface area contributed by atoms with Crippen LogP contribution >= 0.6 is 0 Å². The molecule has 2 aromatic carbocycles. The minimum absolute atomic E-state index is 0.198. The van der Waals surface area contributed by atoms with E-state index in [-0.39, 0.29) is 4.90 Å². The molecule has 8 nitrogen and oxygen atoms in total. The van der Waals surface area contributed by atoms with Gasteiger partial charge in [-0.05, 0) is 99.6 Å². The van der Waals surface area contributed by atoms with E-state index >= 15 is 0 Å². The fourth-order valence-corrected chi connectivity index (χ4v) is 7.67. The Morgan fingerprint density at radius 3 is 2.02 bits per heavy atom. The average molecular weight is 744 g/mol. The molecule has 1 saturated heterocycles. The van der Waals surface area contributed by atoms with E-state index in [0.29, 0.717) is 36.1 Å². The number of rotatable bonds is 10. The number of amidine groups is 1. The number of aliphatic imine (C=N–C) groups is 1. The van der Waals surface area contributed by atoms with Crippen molar-refractivity contribution >= 4 is 22.6 Å². The number of aryl methyl sites for hydroxylation is 1. The van der Waals surface area contributed by atoms with Crippen molar-refractivity contribution in [2.24, 2.45) is 16.8 Å². The molecule has 3 aliphatic rings. The molecular formula is C43H73N3O5S. The number of sulfonamides is 1. The number of fused-ring (bicyclic) bond motifs is 3. The van der Waals surface area contributed by atoms with E-state index in [2.05, 4.69) is 55.9 Å². The zero-order chi connectivity index (χ0) is 39.4. The number of methoxy groups -OCH3 is 2. The Labute approximate surface area is 318 Å². The Morgan fingerprint density at radius 1 is 0.885 bits per heavy atom. The standard InChI is InChI=1S/C28H37N3O4S.C5H12.C4H8.C3H8.C2H6.CH2O/c1-34-22-12-13-23-21(15-22)11-14-25-24(23)16-28(31-25)29-17-19-7-9-20(10-8-19)18-30-36(32,33)27-6-4-3-5-26(27)35-2;1-3-5-4-2;1-3-4-2;1-3-2;2*1-2/h3-6,12-13,15,19-20,24-25,30H,7-11,14,16-18H2,1-2H3,(H,29,31);3-5H2,1-2H3;3-4H,1-2H3;3H2,1-2H3;1-2H3;1H2/b;;4-3-;;;. The molecule has 5 rings (SSSR count). The molecule has 296 valence electrons. The minimum atomic E-state index is -3.59. The van der Waals surface area contributed by atoms with Crippen LogP contribution in [0.2, 0.25) is 0 Å². The molecule has 1 heterocycles. The highest BCUT2D eigenvalue weighted by atomic mass is 32.2. The largest absolute Gasteiger partial charge is 0.497 e. The van der Waals surface area contributed by atoms with Crippen molar-refractivity contribution in [3.05, 3.63) is 65.7 Å². The number of hydrogen-bond donors (Lipinski definition) is 2. The molecule has 0 bridgehead atoms. The van der Waals surface area contributed by atoms with E-state index in [1.165, 1.54) is 43.9 Å². The lowest BCUT2D eigenvalue weighted by molar-refractivity contribution is -0.0980. The van der Waals surface area contributed by atoms with Gasteiger partial charge in [-0.25, -0.2) is 13.1 Å². The van der Waals surface area contributed by atoms with E-state index in [1.54, 1.807) is 31.4 Å². The van der Waals surface area contributed by atoms with Crippen molar-refractivity contribution in [3.63, 3.8) is 0 Å². The van der Waals surface area contributed by atoms with Gasteiger partial charge in [0.05, 0.1) is 20.1 Å². The predicted molar refractivity (Wildman–Crippen MR) is 222 cm³/mol. The van der Waals surface area contributed by atoms with Crippen LogP contribution in [-0.2, 0) is 21.2 Å². The highest BCUT2D eigenvalue weighted by Crippen LogP contribution is 2.39. The first-order chi connectivity index (χ1) is 25.2. The van der Waals surface area contributed by atoms with E-state index in [4.69, 9.17) is 19.3 Å². The average Bonchev–Trinajstić information content (AvgIpc) is 3.63. The van der Waals surface area contributed by atoms with Crippen LogP contribution < -0.4 is 19.5 Å². The summed E-state index contributed by atoms with van der Waals surface area (Å²) < 4.78 is 39.0. The fourth-order valence-electron chi connectivity index (χ4n) is 6.39. The molecule has 1 aliphatic heterocycles. The highest BCUT2D eigenvalue weighted by molar-refractivity contribution is 7.89. The maximum absolute atomic E-state index is 12.8. The maximum atomic E-state index is 12.8. The van der Waals surface area contributed by atoms with Crippen LogP contribution in [0.25, 0.3) is 0 Å². The third-order valence-corrected chi connectivity index (χ3v) is 10.7. The number of benzene rings is 2. The topological polar surface area (TPSA) is 106 Å². The second-order valence-corrected chi connectivity index (χ2v) is 14.8. The number of allylic oxidation sites excluding steroid dienone is 2. The van der Waals surface area contributed by atoms with Crippen molar-refractivity contribution in [2.45, 2.75) is 143 Å². The molecule has 0 aromatic heterocycles. The van der Waals surface area contributed by atoms with Crippen LogP contribution in [0.3, 0.4) is 0 Å². The van der Waals surface area contributed by atoms with Crippen LogP contribution in [0.5, 0.6) is 11.5 Å². The predicted octanol–water partition coefficient (Wildman–Crippen LogP) is 10.3. The van der Waals surface area contributed by atoms with Gasteiger partial charge in [0, 0.05) is 31.5 Å². The van der Waals surface area contributed by atoms with Gasteiger partial charge >= 0.3 is 0 Å². The van der Waals surface area contributed by atoms with Crippen LogP contribution in [0.15, 0.2) is 64.5 Å². The number of para-hydroxylation sites is 1. The summed E-state index contributed by atoms with van der Waals surface area (Å²) in [5.74, 6) is 3.90. The molecule has 2 aromatic rings. The maximum Gasteiger partial charge on any atom is 0.244 e. The van der Waals surface area contributed by atoms with Crippen molar-refractivity contribution in [1.29, 1.82) is 0 Å². The molecule has 0 amide bonds. The van der Waals surface area contributed by atoms with E-state index in [9.17, 15) is 8.42 Å². The molecule has 1 saturated carbocycles. The summed E-state index contributed by atoms with van der Waals surface area (Å²) in [6, 6.07) is 13.7. The first-order valence-electron chi connectivity index (χ1n) is 19.7. The SMILES string of the molecule is C/C=C\C.C=O.CC.CCC.CCCCC.COc1ccc2c(c1)CCC1NC(=NCC3CCC(CNS(=O)(=O)c4ccccc4OC)CC3)CC21. The van der Waals surface area contributed by atoms with Crippen molar-refractivity contribution in [1.82, 2.24) is 10.0 Å². The van der Waals surface area contributed by atoms with Crippen molar-refractivity contribution in [3.8, 4) is 11.5 Å². The van der Waals surface area contributed by atoms with Gasteiger partial charge in [-0.1, -0.05) is 97.6 Å². The van der Waals surface area contributed by atoms with Gasteiger partial charge in [0.1, 0.15) is 23.2 Å². The third kappa shape index (κ3) is 17.1. The first kappa shape index (κ1) is 48.8. The Bertz CT molecular complexity index is 1360. The molecule has 2 aliphatic carbocycles. The zero-order valence-electron chi connectivity index (χ0n) is 34.3. The van der Waals surface area contributed by atoms with Crippen molar-refractivity contribution < 1.29 is 22.7 Å². The normalized spacial score (nSPS) is 20.5. The summed E-state index contributed by atoms with van der Waals surface area (Å²) in [6.07, 6.45) is 16.8. The Hall–Kier alpha value is -3.17. The summed E-state index contributed by atoms with van der Waals surface area (Å²) in [5, 5.41) is 3.70. The highest BCUT2D eigenvalue weighted by Gasteiger charge is 2.36. The van der Waals surface area contributed by atoms with Gasteiger partial charge in [0.2, 0.25) is 10.0 Å². The monoisotopic (exact) mass is 744 g/mol. The number of nitrogens with one attached hydrogen (secondary N) is 2. The molecule has 52 heavy (non-hydrogen) atoms. The Morgan fingerprint density at radius 2 is 1.48 bits per heavy atom. The second-order valence-electron chi connectivity index (χ2n) is 13.1. The zero-order valence-corrected chi connectivity index (χ0v) is 35.1. The lowest BCUT2D eigenvalue weighted by Gasteiger charge is -2.28. The number of unbranched alkanes of at least 4 members (excludes halogenated alkanes) is 2. The molecule has 2 unspecified atom stereocenters. The Kier molecular flexibility index (Phi) is 27.5. The van der Waals surface area contributed by atoms with Gasteiger partial charge in [-0.15, -0.1) is 0 Å². The number of carbonyl (C=O) groups excluding carboxylic acids is 1. The van der Waals surface area contributed by atoms with Gasteiger partial charge in [0.15, 0.2) is 0 Å². The number of nitrogens with zero attached hydrogens (tertiary/aromatic N) is 1. The molecule has 2 atom stereocenters. The lowest BCUT2D eigenvalue weighted by Crippen LogP contribution is -2.32. The molecule has 2 N–H and O–H groups in total. The van der Waals surface area contributed by atoms with Gasteiger partial charge in [-0.3, -0.25) is 4.99 Å². The summed E-state index contributed by atoms with van der Waals surface area (Å²) >= 11 is 0. The van der Waals surface area contributed by atoms with Crippen LogP contribution in [-0.4, -0.2) is 54.4 Å². The number of carbonyl (C=O) groups is 1. The van der Waals surface area contributed by atoms with Crippen LogP contribution in [0.1, 0.15) is 137 Å². The van der Waals surface area contributed by atoms with Crippen molar-refractivity contribution in [2.75, 3.05) is 27.3 Å². The summed E-state index contributed by atoms with van der Waals surface area (Å²) in [5.41, 5.74) is 2.86. The summed E-state index contributed by atoms with van der Waals surface area (Å²) in [7, 11) is -0.369. The number of hydrogen-bond acceptors (Lipinski definition) is 6. The summed E-state index contributed by atoms with van der Waals surface area (Å²) in [6.45, 7) is 20.0. The molecular weight excluding hydrogens is 671 g/mol. The molecule has 0 spiro atoms. The lowest BCUT2D eigenvalue weighted by atomic mass is 9.80. The first-order valence-corrected chi connectivity index (χ1v) is 21.1. The van der Waals surface area contributed by atoms with E-state index in [1.807, 2.05) is 46.6 Å². The quantitative estimate of drug-likeness (QED) is 0.235. The fraction of sp³-hybridized carbons (Fsp3) is 0.628. The minimum Gasteiger partial charge on any atom is -0.497 e. The van der Waals surface area contributed by atoms with E-state index < -0.39 is 10.0 Å². The van der Waals surface area contributed by atoms with Gasteiger partial charge in [0.25, 0.3) is 0 Å². The van der Waals surface area contributed by atoms with Gasteiger partial charge in [-0.2, -0.15) is 0 Å². The smallest absolute Gasteiger partial charge is 0.244 e. The third-order valence-electron chi connectivity index (χ3n) is 9.19. The van der Waals surface area contributed by atoms with Gasteiger partial charge < -0.3 is 19.6 Å². The van der Waals surface area contributed by atoms with E-state index in [0.717, 1.165) is 63.1 Å². The molecule has 9 heteroatoms. The summed E-state index contributed by atoms with van der Waals surface area (Å²) in [4.78, 5) is 13.2. The number of ether oxygens (including phenoxy) is 2. The Balaban J connectivity index is 0.00000139. The molecule has 2 fully saturated rings. The second kappa shape index (κ2) is 29.3. The van der Waals surface area contributed by atoms with Crippen LogP contribution in [0, 0.1) is 11.8 Å².